The summed E-state index contributed by atoms with van der Waals surface area (Å²) >= 11 is 6.13. The Labute approximate surface area is 101 Å². The topological polar surface area (TPSA) is 26.0 Å². The van der Waals surface area contributed by atoms with Crippen LogP contribution in [0.2, 0.25) is 5.02 Å². The first-order valence-corrected chi connectivity index (χ1v) is 6.25. The molecule has 1 saturated carbocycles. The summed E-state index contributed by atoms with van der Waals surface area (Å²) in [5.41, 5.74) is 6.71. The van der Waals surface area contributed by atoms with Crippen LogP contribution >= 0.6 is 11.6 Å². The second-order valence-corrected chi connectivity index (χ2v) is 4.96. The Balaban J connectivity index is 2.28. The van der Waals surface area contributed by atoms with Gasteiger partial charge < -0.3 is 5.73 Å². The zero-order chi connectivity index (χ0) is 11.5. The summed E-state index contributed by atoms with van der Waals surface area (Å²) in [4.78, 5) is 0. The first kappa shape index (κ1) is 11.9. The van der Waals surface area contributed by atoms with Crippen molar-refractivity contribution in [3.05, 3.63) is 34.6 Å². The van der Waals surface area contributed by atoms with Crippen molar-refractivity contribution < 1.29 is 4.39 Å². The Morgan fingerprint density at radius 1 is 1.38 bits per heavy atom. The molecule has 0 bridgehead atoms. The van der Waals surface area contributed by atoms with Crippen molar-refractivity contribution >= 4 is 11.6 Å². The Hall–Kier alpha value is -0.600. The number of nitrogens with two attached hydrogens (primary N) is 1. The van der Waals surface area contributed by atoms with Gasteiger partial charge in [-0.3, -0.25) is 0 Å². The van der Waals surface area contributed by atoms with Crippen LogP contribution in [-0.4, -0.2) is 6.54 Å². The smallest absolute Gasteiger partial charge is 0.123 e. The monoisotopic (exact) mass is 241 g/mol. The summed E-state index contributed by atoms with van der Waals surface area (Å²) < 4.78 is 13.2. The lowest BCUT2D eigenvalue weighted by Crippen LogP contribution is -2.20. The van der Waals surface area contributed by atoms with Gasteiger partial charge in [-0.1, -0.05) is 24.4 Å². The van der Waals surface area contributed by atoms with Crippen molar-refractivity contribution in [2.24, 2.45) is 11.7 Å². The zero-order valence-electron chi connectivity index (χ0n) is 9.26. The average Bonchev–Trinajstić information content (AvgIpc) is 2.78. The molecular formula is C13H17ClFN. The maximum Gasteiger partial charge on any atom is 0.123 e. The van der Waals surface area contributed by atoms with E-state index in [9.17, 15) is 4.39 Å². The van der Waals surface area contributed by atoms with Gasteiger partial charge in [-0.15, -0.1) is 0 Å². The van der Waals surface area contributed by atoms with Gasteiger partial charge in [0, 0.05) is 10.9 Å². The highest BCUT2D eigenvalue weighted by Gasteiger charge is 2.26. The molecule has 0 radical (unpaired) electrons. The van der Waals surface area contributed by atoms with E-state index in [4.69, 9.17) is 17.3 Å². The van der Waals surface area contributed by atoms with Crippen molar-refractivity contribution in [3.8, 4) is 0 Å². The van der Waals surface area contributed by atoms with Gasteiger partial charge in [0.2, 0.25) is 0 Å². The molecule has 1 atom stereocenters. The van der Waals surface area contributed by atoms with Gasteiger partial charge in [0.1, 0.15) is 5.82 Å². The van der Waals surface area contributed by atoms with E-state index in [1.165, 1.54) is 37.8 Å². The van der Waals surface area contributed by atoms with E-state index in [-0.39, 0.29) is 11.7 Å². The van der Waals surface area contributed by atoms with Crippen molar-refractivity contribution in [1.29, 1.82) is 0 Å². The van der Waals surface area contributed by atoms with E-state index in [0.29, 0.717) is 17.5 Å². The molecule has 0 aromatic heterocycles. The van der Waals surface area contributed by atoms with Crippen LogP contribution in [0.4, 0.5) is 4.39 Å². The van der Waals surface area contributed by atoms with Gasteiger partial charge in [-0.25, -0.2) is 4.39 Å². The normalized spacial score (nSPS) is 18.9. The molecule has 1 nitrogen and oxygen atoms in total. The highest BCUT2D eigenvalue weighted by atomic mass is 35.5. The van der Waals surface area contributed by atoms with Gasteiger partial charge in [0.15, 0.2) is 0 Å². The SMILES string of the molecule is NCC(c1cc(F)ccc1Cl)C1CCCC1. The van der Waals surface area contributed by atoms with Crippen LogP contribution < -0.4 is 5.73 Å². The molecule has 2 N–H and O–H groups in total. The molecule has 1 fully saturated rings. The van der Waals surface area contributed by atoms with Crippen molar-refractivity contribution in [1.82, 2.24) is 0 Å². The van der Waals surface area contributed by atoms with Crippen molar-refractivity contribution in [3.63, 3.8) is 0 Å². The number of benzene rings is 1. The lowest BCUT2D eigenvalue weighted by molar-refractivity contribution is 0.439. The van der Waals surface area contributed by atoms with Crippen LogP contribution in [0.15, 0.2) is 18.2 Å². The van der Waals surface area contributed by atoms with Gasteiger partial charge >= 0.3 is 0 Å². The van der Waals surface area contributed by atoms with Crippen LogP contribution in [0.5, 0.6) is 0 Å². The molecule has 16 heavy (non-hydrogen) atoms. The van der Waals surface area contributed by atoms with Crippen molar-refractivity contribution in [2.45, 2.75) is 31.6 Å². The standard InChI is InChI=1S/C13H17ClFN/c14-13-6-5-10(15)7-11(13)12(8-16)9-3-1-2-4-9/h5-7,9,12H,1-4,8,16H2. The fraction of sp³-hybridized carbons (Fsp3) is 0.538. The molecule has 0 aliphatic heterocycles. The zero-order valence-corrected chi connectivity index (χ0v) is 10.0. The predicted octanol–water partition coefficient (Wildman–Crippen LogP) is 3.71. The van der Waals surface area contributed by atoms with Crippen molar-refractivity contribution in [2.75, 3.05) is 6.54 Å². The third-order valence-corrected chi connectivity index (χ3v) is 3.92. The lowest BCUT2D eigenvalue weighted by Gasteiger charge is -2.23. The molecule has 0 saturated heterocycles. The molecule has 1 unspecified atom stereocenters. The van der Waals surface area contributed by atoms with Gasteiger partial charge in [-0.05, 0) is 49.1 Å². The van der Waals surface area contributed by atoms with Crippen LogP contribution in [0, 0.1) is 11.7 Å². The van der Waals surface area contributed by atoms with E-state index in [1.807, 2.05) is 0 Å². The Bertz CT molecular complexity index is 361. The Morgan fingerprint density at radius 2 is 2.06 bits per heavy atom. The van der Waals surface area contributed by atoms with E-state index < -0.39 is 0 Å². The summed E-state index contributed by atoms with van der Waals surface area (Å²) in [5, 5.41) is 0.642. The summed E-state index contributed by atoms with van der Waals surface area (Å²) in [7, 11) is 0. The van der Waals surface area contributed by atoms with Gasteiger partial charge in [-0.2, -0.15) is 0 Å². The van der Waals surface area contributed by atoms with Gasteiger partial charge in [0.25, 0.3) is 0 Å². The van der Waals surface area contributed by atoms with Gasteiger partial charge in [0.05, 0.1) is 0 Å². The van der Waals surface area contributed by atoms with Crippen LogP contribution in [0.3, 0.4) is 0 Å². The molecule has 1 aliphatic rings. The summed E-state index contributed by atoms with van der Waals surface area (Å²) in [6.07, 6.45) is 4.89. The third kappa shape index (κ3) is 2.38. The molecule has 88 valence electrons. The molecule has 0 spiro atoms. The van der Waals surface area contributed by atoms with E-state index in [2.05, 4.69) is 0 Å². The average molecular weight is 242 g/mol. The summed E-state index contributed by atoms with van der Waals surface area (Å²) in [6, 6.07) is 4.57. The maximum absolute atomic E-state index is 13.2. The maximum atomic E-state index is 13.2. The lowest BCUT2D eigenvalue weighted by atomic mass is 9.85. The molecular weight excluding hydrogens is 225 g/mol. The van der Waals surface area contributed by atoms with Crippen LogP contribution in [-0.2, 0) is 0 Å². The van der Waals surface area contributed by atoms with E-state index >= 15 is 0 Å². The number of halogens is 2. The molecule has 1 aliphatic carbocycles. The minimum atomic E-state index is -0.226. The number of hydrogen-bond acceptors (Lipinski definition) is 1. The molecule has 2 rings (SSSR count). The minimum Gasteiger partial charge on any atom is -0.330 e. The first-order valence-electron chi connectivity index (χ1n) is 5.87. The third-order valence-electron chi connectivity index (χ3n) is 3.58. The fourth-order valence-electron chi connectivity index (χ4n) is 2.73. The second-order valence-electron chi connectivity index (χ2n) is 4.55. The summed E-state index contributed by atoms with van der Waals surface area (Å²) in [5.74, 6) is 0.561. The molecule has 3 heteroatoms. The van der Waals surface area contributed by atoms with Crippen LogP contribution in [0.25, 0.3) is 0 Å². The largest absolute Gasteiger partial charge is 0.330 e. The Kier molecular flexibility index (Phi) is 3.82. The molecule has 1 aromatic rings. The van der Waals surface area contributed by atoms with Crippen LogP contribution in [0.1, 0.15) is 37.2 Å². The predicted molar refractivity (Wildman–Crippen MR) is 65.2 cm³/mol. The number of rotatable bonds is 3. The highest BCUT2D eigenvalue weighted by molar-refractivity contribution is 6.31. The summed E-state index contributed by atoms with van der Waals surface area (Å²) in [6.45, 7) is 0.549. The molecule has 0 amide bonds. The Morgan fingerprint density at radius 3 is 2.69 bits per heavy atom. The minimum absolute atomic E-state index is 0.214. The number of hydrogen-bond donors (Lipinski definition) is 1. The molecule has 1 aromatic carbocycles. The molecule has 0 heterocycles. The first-order chi connectivity index (χ1) is 7.72. The van der Waals surface area contributed by atoms with E-state index in [1.54, 1.807) is 6.07 Å². The fourth-order valence-corrected chi connectivity index (χ4v) is 2.99. The van der Waals surface area contributed by atoms with E-state index in [0.717, 1.165) is 5.56 Å². The second kappa shape index (κ2) is 5.15. The highest BCUT2D eigenvalue weighted by Crippen LogP contribution is 2.39. The quantitative estimate of drug-likeness (QED) is 0.858.